The molecule has 3 N–H and O–H groups in total. The Balaban J connectivity index is 2.99. The summed E-state index contributed by atoms with van der Waals surface area (Å²) in [6, 6.07) is 5.54. The van der Waals surface area contributed by atoms with E-state index in [2.05, 4.69) is 5.43 Å². The van der Waals surface area contributed by atoms with Crippen LogP contribution >= 0.6 is 23.2 Å². The second-order valence-corrected chi connectivity index (χ2v) is 3.70. The maximum atomic E-state index is 5.86. The molecule has 0 aliphatic carbocycles. The molecule has 1 unspecified atom stereocenters. The molecule has 0 radical (unpaired) electrons. The highest BCUT2D eigenvalue weighted by Crippen LogP contribution is 2.24. The summed E-state index contributed by atoms with van der Waals surface area (Å²) in [5.74, 6) is 5.38. The van der Waals surface area contributed by atoms with Gasteiger partial charge in [-0.25, -0.2) is 0 Å². The van der Waals surface area contributed by atoms with Crippen LogP contribution in [-0.2, 0) is 0 Å². The van der Waals surface area contributed by atoms with E-state index in [1.807, 2.05) is 19.1 Å². The van der Waals surface area contributed by atoms with Crippen molar-refractivity contribution < 1.29 is 0 Å². The van der Waals surface area contributed by atoms with Crippen LogP contribution in [0.1, 0.15) is 24.9 Å². The number of hydrogen-bond acceptors (Lipinski definition) is 2. The molecule has 1 rings (SSSR count). The third kappa shape index (κ3) is 2.85. The summed E-state index contributed by atoms with van der Waals surface area (Å²) in [6.45, 7) is 2.04. The van der Waals surface area contributed by atoms with Crippen LogP contribution in [0, 0.1) is 0 Å². The van der Waals surface area contributed by atoms with Gasteiger partial charge in [-0.05, 0) is 30.2 Å². The second-order valence-electron chi connectivity index (χ2n) is 2.83. The largest absolute Gasteiger partial charge is 0.271 e. The van der Waals surface area contributed by atoms with Gasteiger partial charge in [-0.1, -0.05) is 30.1 Å². The Kier molecular flexibility index (Phi) is 4.00. The Hall–Kier alpha value is -0.280. The molecule has 1 aromatic rings. The molecule has 0 spiro atoms. The first-order chi connectivity index (χ1) is 6.17. The van der Waals surface area contributed by atoms with Crippen LogP contribution in [0.4, 0.5) is 0 Å². The van der Waals surface area contributed by atoms with Crippen LogP contribution in [0.3, 0.4) is 0 Å². The van der Waals surface area contributed by atoms with Gasteiger partial charge < -0.3 is 0 Å². The van der Waals surface area contributed by atoms with E-state index in [-0.39, 0.29) is 6.04 Å². The van der Waals surface area contributed by atoms with Crippen molar-refractivity contribution >= 4 is 23.2 Å². The quantitative estimate of drug-likeness (QED) is 0.605. The highest BCUT2D eigenvalue weighted by Gasteiger charge is 2.08. The van der Waals surface area contributed by atoms with Crippen LogP contribution in [-0.4, -0.2) is 0 Å². The molecule has 0 aliphatic rings. The predicted octanol–water partition coefficient (Wildman–Crippen LogP) is 2.91. The molecule has 0 bridgehead atoms. The van der Waals surface area contributed by atoms with E-state index in [4.69, 9.17) is 29.0 Å². The third-order valence-corrected chi connectivity index (χ3v) is 2.33. The fraction of sp³-hybridized carbons (Fsp3) is 0.333. The molecule has 0 aliphatic heterocycles. The minimum Gasteiger partial charge on any atom is -0.271 e. The molecule has 2 nitrogen and oxygen atoms in total. The molecule has 0 amide bonds. The van der Waals surface area contributed by atoms with Gasteiger partial charge in [-0.2, -0.15) is 0 Å². The van der Waals surface area contributed by atoms with Gasteiger partial charge in [0, 0.05) is 16.1 Å². The fourth-order valence-electron chi connectivity index (χ4n) is 1.23. The molecule has 0 heterocycles. The summed E-state index contributed by atoms with van der Waals surface area (Å²) < 4.78 is 0. The summed E-state index contributed by atoms with van der Waals surface area (Å²) in [5, 5.41) is 1.27. The van der Waals surface area contributed by atoms with E-state index >= 15 is 0 Å². The van der Waals surface area contributed by atoms with Gasteiger partial charge in [0.2, 0.25) is 0 Å². The molecule has 0 fully saturated rings. The molecular weight excluding hydrogens is 207 g/mol. The van der Waals surface area contributed by atoms with Gasteiger partial charge in [-0.3, -0.25) is 11.3 Å². The smallest absolute Gasteiger partial charge is 0.0458 e. The lowest BCUT2D eigenvalue weighted by Gasteiger charge is -2.14. The zero-order chi connectivity index (χ0) is 9.84. The van der Waals surface area contributed by atoms with E-state index in [1.165, 1.54) is 0 Å². The van der Waals surface area contributed by atoms with E-state index in [0.717, 1.165) is 12.0 Å². The van der Waals surface area contributed by atoms with Gasteiger partial charge in [-0.15, -0.1) is 0 Å². The highest BCUT2D eigenvalue weighted by molar-refractivity contribution is 6.34. The lowest BCUT2D eigenvalue weighted by molar-refractivity contribution is 0.539. The summed E-state index contributed by atoms with van der Waals surface area (Å²) in [7, 11) is 0. The first-order valence-corrected chi connectivity index (χ1v) is 4.85. The average Bonchev–Trinajstić information content (AvgIpc) is 2.04. The molecule has 0 aromatic heterocycles. The van der Waals surface area contributed by atoms with Crippen molar-refractivity contribution in [1.29, 1.82) is 0 Å². The summed E-state index contributed by atoms with van der Waals surface area (Å²) in [5.41, 5.74) is 3.72. The van der Waals surface area contributed by atoms with Gasteiger partial charge in [0.25, 0.3) is 0 Å². The van der Waals surface area contributed by atoms with Crippen molar-refractivity contribution in [2.24, 2.45) is 5.84 Å². The van der Waals surface area contributed by atoms with Crippen molar-refractivity contribution in [2.75, 3.05) is 0 Å². The van der Waals surface area contributed by atoms with Gasteiger partial charge in [0.1, 0.15) is 0 Å². The monoisotopic (exact) mass is 218 g/mol. The Labute approximate surface area is 88.0 Å². The summed E-state index contributed by atoms with van der Waals surface area (Å²) in [6.07, 6.45) is 0.896. The predicted molar refractivity (Wildman–Crippen MR) is 56.8 cm³/mol. The SMILES string of the molecule is CCC(NN)c1cc(Cl)cc(Cl)c1. The van der Waals surface area contributed by atoms with Crippen LogP contribution in [0.5, 0.6) is 0 Å². The number of rotatable bonds is 3. The van der Waals surface area contributed by atoms with Crippen LogP contribution in [0.25, 0.3) is 0 Å². The number of nitrogens with two attached hydrogens (primary N) is 1. The van der Waals surface area contributed by atoms with E-state index < -0.39 is 0 Å². The maximum absolute atomic E-state index is 5.86. The van der Waals surface area contributed by atoms with Gasteiger partial charge in [0.15, 0.2) is 0 Å². The van der Waals surface area contributed by atoms with E-state index in [0.29, 0.717) is 10.0 Å². The Bertz CT molecular complexity index is 265. The van der Waals surface area contributed by atoms with E-state index in [1.54, 1.807) is 6.07 Å². The molecule has 72 valence electrons. The first-order valence-electron chi connectivity index (χ1n) is 4.09. The second kappa shape index (κ2) is 4.82. The van der Waals surface area contributed by atoms with Crippen molar-refractivity contribution in [3.05, 3.63) is 33.8 Å². The molecule has 1 aromatic carbocycles. The lowest BCUT2D eigenvalue weighted by Crippen LogP contribution is -2.27. The minimum atomic E-state index is 0.108. The normalized spacial score (nSPS) is 12.9. The minimum absolute atomic E-state index is 0.108. The van der Waals surface area contributed by atoms with E-state index in [9.17, 15) is 0 Å². The first kappa shape index (κ1) is 10.8. The highest BCUT2D eigenvalue weighted by atomic mass is 35.5. The number of halogens is 2. The summed E-state index contributed by atoms with van der Waals surface area (Å²) in [4.78, 5) is 0. The Morgan fingerprint density at radius 1 is 1.31 bits per heavy atom. The lowest BCUT2D eigenvalue weighted by atomic mass is 10.1. The molecule has 0 saturated heterocycles. The van der Waals surface area contributed by atoms with Crippen molar-refractivity contribution in [3.63, 3.8) is 0 Å². The zero-order valence-electron chi connectivity index (χ0n) is 7.35. The number of hydrazine groups is 1. The van der Waals surface area contributed by atoms with Crippen molar-refractivity contribution in [2.45, 2.75) is 19.4 Å². The molecule has 0 saturated carbocycles. The van der Waals surface area contributed by atoms with Gasteiger partial charge >= 0.3 is 0 Å². The number of nitrogens with one attached hydrogen (secondary N) is 1. The molecule has 13 heavy (non-hydrogen) atoms. The molecule has 4 heteroatoms. The van der Waals surface area contributed by atoms with Crippen molar-refractivity contribution in [1.82, 2.24) is 5.43 Å². The average molecular weight is 219 g/mol. The molecular formula is C9H12Cl2N2. The Morgan fingerprint density at radius 2 is 1.85 bits per heavy atom. The number of hydrogen-bond donors (Lipinski definition) is 2. The van der Waals surface area contributed by atoms with Crippen LogP contribution in [0.2, 0.25) is 10.0 Å². The maximum Gasteiger partial charge on any atom is 0.0458 e. The number of benzene rings is 1. The zero-order valence-corrected chi connectivity index (χ0v) is 8.86. The molecule has 1 atom stereocenters. The van der Waals surface area contributed by atoms with Gasteiger partial charge in [0.05, 0.1) is 0 Å². The standard InChI is InChI=1S/C9H12Cl2N2/c1-2-9(13-12)6-3-7(10)5-8(11)4-6/h3-5,9,13H,2,12H2,1H3. The van der Waals surface area contributed by atoms with Crippen LogP contribution < -0.4 is 11.3 Å². The summed E-state index contributed by atoms with van der Waals surface area (Å²) >= 11 is 11.7. The fourth-order valence-corrected chi connectivity index (χ4v) is 1.77. The Morgan fingerprint density at radius 3 is 2.23 bits per heavy atom. The van der Waals surface area contributed by atoms with Crippen molar-refractivity contribution in [3.8, 4) is 0 Å². The van der Waals surface area contributed by atoms with Crippen LogP contribution in [0.15, 0.2) is 18.2 Å². The topological polar surface area (TPSA) is 38.0 Å². The third-order valence-electron chi connectivity index (χ3n) is 1.90.